The molecule has 2 rings (SSSR count). The van der Waals surface area contributed by atoms with E-state index in [4.69, 9.17) is 9.47 Å². The highest BCUT2D eigenvalue weighted by molar-refractivity contribution is 5.47. The third-order valence-corrected chi connectivity index (χ3v) is 2.49. The molecule has 1 aliphatic heterocycles. The minimum atomic E-state index is -0.424. The molecule has 2 N–H and O–H groups in total. The number of hydrogen-bond acceptors (Lipinski definition) is 4. The van der Waals surface area contributed by atoms with Gasteiger partial charge in [0.25, 0.3) is 0 Å². The number of hydrogen-bond donors (Lipinski definition) is 2. The van der Waals surface area contributed by atoms with E-state index in [-0.39, 0.29) is 6.04 Å². The molecule has 4 heteroatoms. The van der Waals surface area contributed by atoms with Gasteiger partial charge in [0.05, 0.1) is 32.5 Å². The molecule has 1 aromatic rings. The van der Waals surface area contributed by atoms with Gasteiger partial charge in [-0.15, -0.1) is 0 Å². The minimum absolute atomic E-state index is 0.0154. The molecule has 1 fully saturated rings. The van der Waals surface area contributed by atoms with Crippen molar-refractivity contribution in [2.75, 3.05) is 25.6 Å². The van der Waals surface area contributed by atoms with E-state index < -0.39 is 6.10 Å². The maximum absolute atomic E-state index is 9.54. The molecule has 1 heterocycles. The molecule has 0 amide bonds. The third kappa shape index (κ3) is 2.40. The van der Waals surface area contributed by atoms with Crippen molar-refractivity contribution in [3.63, 3.8) is 0 Å². The van der Waals surface area contributed by atoms with Crippen LogP contribution in [0.1, 0.15) is 0 Å². The van der Waals surface area contributed by atoms with E-state index in [1.54, 1.807) is 7.11 Å². The number of anilines is 1. The van der Waals surface area contributed by atoms with Crippen LogP contribution in [0.15, 0.2) is 24.3 Å². The maximum Gasteiger partial charge on any atom is 0.119 e. The number of nitrogens with one attached hydrogen (secondary N) is 1. The second-order valence-electron chi connectivity index (χ2n) is 3.58. The first-order chi connectivity index (χ1) is 7.29. The number of ether oxygens (including phenoxy) is 2. The largest absolute Gasteiger partial charge is 0.497 e. The molecular weight excluding hydrogens is 194 g/mol. The van der Waals surface area contributed by atoms with Crippen molar-refractivity contribution in [3.05, 3.63) is 24.3 Å². The van der Waals surface area contributed by atoms with E-state index in [0.29, 0.717) is 13.2 Å². The molecule has 0 saturated carbocycles. The zero-order chi connectivity index (χ0) is 10.7. The van der Waals surface area contributed by atoms with Crippen molar-refractivity contribution in [2.45, 2.75) is 12.1 Å². The molecule has 0 radical (unpaired) electrons. The lowest BCUT2D eigenvalue weighted by Gasteiger charge is -2.15. The molecule has 4 nitrogen and oxygen atoms in total. The Hall–Kier alpha value is -1.26. The van der Waals surface area contributed by atoms with Gasteiger partial charge in [-0.1, -0.05) is 0 Å². The van der Waals surface area contributed by atoms with Gasteiger partial charge in [0, 0.05) is 5.69 Å². The Kier molecular flexibility index (Phi) is 3.08. The minimum Gasteiger partial charge on any atom is -0.497 e. The fourth-order valence-corrected chi connectivity index (χ4v) is 1.58. The summed E-state index contributed by atoms with van der Waals surface area (Å²) < 4.78 is 10.2. The molecule has 2 atom stereocenters. The number of aliphatic hydroxyl groups excluding tert-OH is 1. The van der Waals surface area contributed by atoms with Crippen LogP contribution in [-0.2, 0) is 4.74 Å². The van der Waals surface area contributed by atoms with Crippen molar-refractivity contribution in [2.24, 2.45) is 0 Å². The predicted octanol–water partition coefficient (Wildman–Crippen LogP) is 0.867. The van der Waals surface area contributed by atoms with E-state index in [0.717, 1.165) is 11.4 Å². The molecule has 0 spiro atoms. The van der Waals surface area contributed by atoms with Crippen molar-refractivity contribution >= 4 is 5.69 Å². The highest BCUT2D eigenvalue weighted by Gasteiger charge is 2.25. The fraction of sp³-hybridized carbons (Fsp3) is 0.455. The fourth-order valence-electron chi connectivity index (χ4n) is 1.58. The van der Waals surface area contributed by atoms with E-state index >= 15 is 0 Å². The standard InChI is InChI=1S/C11H15NO3/c1-14-9-4-2-8(3-5-9)12-10-6-15-7-11(10)13/h2-5,10-13H,6-7H2,1H3/t10-,11+/m0/s1. The normalized spacial score (nSPS) is 25.2. The van der Waals surface area contributed by atoms with Crippen LogP contribution in [0.3, 0.4) is 0 Å². The maximum atomic E-state index is 9.54. The van der Waals surface area contributed by atoms with Gasteiger partial charge < -0.3 is 19.9 Å². The molecule has 0 bridgehead atoms. The average Bonchev–Trinajstić information content (AvgIpc) is 2.66. The molecule has 0 aliphatic carbocycles. The van der Waals surface area contributed by atoms with Gasteiger partial charge in [-0.05, 0) is 24.3 Å². The predicted molar refractivity (Wildman–Crippen MR) is 57.2 cm³/mol. The van der Waals surface area contributed by atoms with Gasteiger partial charge >= 0.3 is 0 Å². The summed E-state index contributed by atoms with van der Waals surface area (Å²) >= 11 is 0. The lowest BCUT2D eigenvalue weighted by molar-refractivity contribution is 0.125. The molecule has 0 unspecified atom stereocenters. The number of aliphatic hydroxyl groups is 1. The van der Waals surface area contributed by atoms with Crippen molar-refractivity contribution in [3.8, 4) is 5.75 Å². The van der Waals surface area contributed by atoms with Crippen molar-refractivity contribution < 1.29 is 14.6 Å². The molecule has 15 heavy (non-hydrogen) atoms. The van der Waals surface area contributed by atoms with Gasteiger partial charge in [-0.25, -0.2) is 0 Å². The van der Waals surface area contributed by atoms with E-state index in [2.05, 4.69) is 5.32 Å². The van der Waals surface area contributed by atoms with Crippen LogP contribution < -0.4 is 10.1 Å². The summed E-state index contributed by atoms with van der Waals surface area (Å²) in [5, 5.41) is 12.8. The Labute approximate surface area is 88.8 Å². The quantitative estimate of drug-likeness (QED) is 0.775. The summed E-state index contributed by atoms with van der Waals surface area (Å²) in [5.41, 5.74) is 0.963. The van der Waals surface area contributed by atoms with Crippen molar-refractivity contribution in [1.29, 1.82) is 0 Å². The van der Waals surface area contributed by atoms with Gasteiger partial charge in [0.1, 0.15) is 5.75 Å². The summed E-state index contributed by atoms with van der Waals surface area (Å²) in [6, 6.07) is 7.58. The highest BCUT2D eigenvalue weighted by Crippen LogP contribution is 2.18. The summed E-state index contributed by atoms with van der Waals surface area (Å²) in [5.74, 6) is 0.823. The molecule has 0 aromatic heterocycles. The Morgan fingerprint density at radius 2 is 2.07 bits per heavy atom. The average molecular weight is 209 g/mol. The van der Waals surface area contributed by atoms with Crippen LogP contribution in [-0.4, -0.2) is 37.6 Å². The van der Waals surface area contributed by atoms with E-state index in [9.17, 15) is 5.11 Å². The van der Waals surface area contributed by atoms with Gasteiger partial charge in [-0.3, -0.25) is 0 Å². The summed E-state index contributed by atoms with van der Waals surface area (Å²) in [6.45, 7) is 0.959. The van der Waals surface area contributed by atoms with Crippen LogP contribution in [0.25, 0.3) is 0 Å². The lowest BCUT2D eigenvalue weighted by atomic mass is 10.2. The lowest BCUT2D eigenvalue weighted by Crippen LogP contribution is -2.31. The Bertz CT molecular complexity index is 312. The first-order valence-corrected chi connectivity index (χ1v) is 4.96. The smallest absolute Gasteiger partial charge is 0.119 e. The molecule has 1 aromatic carbocycles. The van der Waals surface area contributed by atoms with Crippen LogP contribution in [0, 0.1) is 0 Å². The Balaban J connectivity index is 1.98. The van der Waals surface area contributed by atoms with Crippen LogP contribution in [0.2, 0.25) is 0 Å². The topological polar surface area (TPSA) is 50.7 Å². The molecule has 82 valence electrons. The van der Waals surface area contributed by atoms with E-state index in [1.807, 2.05) is 24.3 Å². The third-order valence-electron chi connectivity index (χ3n) is 2.49. The SMILES string of the molecule is COc1ccc(N[C@H]2COC[C@H]2O)cc1. The second kappa shape index (κ2) is 4.51. The molecule has 1 saturated heterocycles. The second-order valence-corrected chi connectivity index (χ2v) is 3.58. The monoisotopic (exact) mass is 209 g/mol. The van der Waals surface area contributed by atoms with Gasteiger partial charge in [0.15, 0.2) is 0 Å². The summed E-state index contributed by atoms with van der Waals surface area (Å²) in [7, 11) is 1.64. The van der Waals surface area contributed by atoms with Crippen LogP contribution in [0.4, 0.5) is 5.69 Å². The Morgan fingerprint density at radius 3 is 2.60 bits per heavy atom. The zero-order valence-electron chi connectivity index (χ0n) is 8.64. The summed E-state index contributed by atoms with van der Waals surface area (Å²) in [4.78, 5) is 0. The molecule has 1 aliphatic rings. The van der Waals surface area contributed by atoms with Gasteiger partial charge in [0.2, 0.25) is 0 Å². The number of methoxy groups -OCH3 is 1. The Morgan fingerprint density at radius 1 is 1.33 bits per heavy atom. The first-order valence-electron chi connectivity index (χ1n) is 4.96. The molecular formula is C11H15NO3. The summed E-state index contributed by atoms with van der Waals surface area (Å²) in [6.07, 6.45) is -0.424. The van der Waals surface area contributed by atoms with Crippen LogP contribution in [0.5, 0.6) is 5.75 Å². The zero-order valence-corrected chi connectivity index (χ0v) is 8.64. The van der Waals surface area contributed by atoms with Crippen molar-refractivity contribution in [1.82, 2.24) is 0 Å². The van der Waals surface area contributed by atoms with Crippen LogP contribution >= 0.6 is 0 Å². The number of rotatable bonds is 3. The van der Waals surface area contributed by atoms with Gasteiger partial charge in [-0.2, -0.15) is 0 Å². The van der Waals surface area contributed by atoms with E-state index in [1.165, 1.54) is 0 Å². The number of benzene rings is 1. The highest BCUT2D eigenvalue weighted by atomic mass is 16.5. The first kappa shape index (κ1) is 10.3.